The molecule has 3 rings (SSSR count). The molecule has 0 unspecified atom stereocenters. The lowest BCUT2D eigenvalue weighted by Gasteiger charge is -2.26. The van der Waals surface area contributed by atoms with Crippen LogP contribution in [-0.2, 0) is 0 Å². The molecule has 1 fully saturated rings. The summed E-state index contributed by atoms with van der Waals surface area (Å²) in [4.78, 5) is 35.8. The molecule has 3 N–H and O–H groups in total. The zero-order chi connectivity index (χ0) is 29.5. The van der Waals surface area contributed by atoms with Crippen molar-refractivity contribution in [3.8, 4) is 10.4 Å². The molecule has 14 heteroatoms. The molecule has 2 aromatic heterocycles. The second-order valence-corrected chi connectivity index (χ2v) is 11.4. The van der Waals surface area contributed by atoms with Crippen molar-refractivity contribution in [1.82, 2.24) is 20.2 Å². The largest absolute Gasteiger partial charge is 0.408 e. The van der Waals surface area contributed by atoms with Crippen LogP contribution in [0.3, 0.4) is 0 Å². The zero-order valence-corrected chi connectivity index (χ0v) is 23.2. The van der Waals surface area contributed by atoms with Crippen molar-refractivity contribution < 1.29 is 36.6 Å². The minimum absolute atomic E-state index is 0.0393. The molecule has 8 nitrogen and oxygen atoms in total. The van der Waals surface area contributed by atoms with Crippen LogP contribution in [0.25, 0.3) is 10.4 Å². The second kappa shape index (κ2) is 11.0. The summed E-state index contributed by atoms with van der Waals surface area (Å²) in [6.07, 6.45) is -3.97. The second-order valence-electron chi connectivity index (χ2n) is 10.4. The topological polar surface area (TPSA) is 107 Å². The molecule has 0 radical (unpaired) electrons. The quantitative estimate of drug-likeness (QED) is 0.380. The minimum Gasteiger partial charge on any atom is -0.388 e. The fraction of sp³-hybridized carbons (Fsp3) is 0.600. The molecule has 0 saturated carbocycles. The molecule has 1 saturated heterocycles. The third-order valence-corrected chi connectivity index (χ3v) is 7.79. The van der Waals surface area contributed by atoms with Crippen molar-refractivity contribution in [2.75, 3.05) is 11.9 Å². The zero-order valence-electron chi connectivity index (χ0n) is 22.4. The molecule has 0 bridgehead atoms. The van der Waals surface area contributed by atoms with Gasteiger partial charge >= 0.3 is 6.18 Å². The fourth-order valence-electron chi connectivity index (χ4n) is 4.07. The predicted molar refractivity (Wildman–Crippen MR) is 137 cm³/mol. The number of rotatable bonds is 8. The highest BCUT2D eigenvalue weighted by Crippen LogP contribution is 2.38. The van der Waals surface area contributed by atoms with Crippen LogP contribution in [0.4, 0.5) is 27.8 Å². The summed E-state index contributed by atoms with van der Waals surface area (Å²) < 4.78 is 67.8. The van der Waals surface area contributed by atoms with Gasteiger partial charge in [0.25, 0.3) is 17.7 Å². The number of likely N-dealkylation sites (tertiary alicyclic amines) is 1. The number of halogens is 5. The third-order valence-electron chi connectivity index (χ3n) is 6.70. The van der Waals surface area contributed by atoms with Gasteiger partial charge in [-0.25, -0.2) is 18.7 Å². The number of thiazole rings is 1. The first-order valence-electron chi connectivity index (χ1n) is 12.4. The van der Waals surface area contributed by atoms with Gasteiger partial charge in [0.15, 0.2) is 5.01 Å². The Hall–Kier alpha value is -2.87. The molecule has 0 spiro atoms. The van der Waals surface area contributed by atoms with Crippen molar-refractivity contribution in [3.63, 3.8) is 0 Å². The molecule has 3 heterocycles. The number of anilines is 1. The number of alkyl halides is 5. The number of nitrogens with one attached hydrogen (secondary N) is 2. The Labute approximate surface area is 227 Å². The molecule has 216 valence electrons. The smallest absolute Gasteiger partial charge is 0.388 e. The van der Waals surface area contributed by atoms with Crippen molar-refractivity contribution in [1.29, 1.82) is 0 Å². The molecule has 2 amide bonds. The summed E-state index contributed by atoms with van der Waals surface area (Å²) in [5, 5.41) is 15.0. The summed E-state index contributed by atoms with van der Waals surface area (Å²) >= 11 is 0.824. The van der Waals surface area contributed by atoms with E-state index < -0.39 is 60.6 Å². The molecule has 1 aliphatic heterocycles. The molecule has 1 aliphatic rings. The number of nitrogens with zero attached hydrogens (tertiary/aromatic N) is 3. The number of carbonyl (C=O) groups excluding carboxylic acids is 2. The van der Waals surface area contributed by atoms with E-state index >= 15 is 0 Å². The highest BCUT2D eigenvalue weighted by atomic mass is 32.1. The Kier molecular flexibility index (Phi) is 8.61. The van der Waals surface area contributed by atoms with Crippen LogP contribution in [0.2, 0.25) is 0 Å². The van der Waals surface area contributed by atoms with E-state index in [1.54, 1.807) is 13.8 Å². The first-order chi connectivity index (χ1) is 17.8. The van der Waals surface area contributed by atoms with Crippen LogP contribution < -0.4 is 10.6 Å². The van der Waals surface area contributed by atoms with Crippen LogP contribution in [0.15, 0.2) is 12.3 Å². The van der Waals surface area contributed by atoms with Gasteiger partial charge in [-0.3, -0.25) is 9.59 Å². The Morgan fingerprint density at radius 1 is 1.31 bits per heavy atom. The summed E-state index contributed by atoms with van der Waals surface area (Å²) in [6.45, 7) is 8.24. The van der Waals surface area contributed by atoms with Gasteiger partial charge in [0.1, 0.15) is 17.6 Å². The molecular weight excluding hydrogens is 545 g/mol. The Morgan fingerprint density at radius 3 is 2.44 bits per heavy atom. The first kappa shape index (κ1) is 30.7. The normalized spacial score (nSPS) is 19.1. The van der Waals surface area contributed by atoms with Crippen LogP contribution in [0, 0.1) is 6.92 Å². The number of aromatic nitrogens is 2. The summed E-state index contributed by atoms with van der Waals surface area (Å²) in [5.41, 5.74) is -0.757. The fourth-order valence-corrected chi connectivity index (χ4v) is 5.10. The Bertz CT molecular complexity index is 1230. The van der Waals surface area contributed by atoms with Gasteiger partial charge in [-0.05, 0) is 52.7 Å². The van der Waals surface area contributed by atoms with Crippen LogP contribution in [0.5, 0.6) is 0 Å². The van der Waals surface area contributed by atoms with Gasteiger partial charge in [0.2, 0.25) is 0 Å². The molecule has 0 aromatic carbocycles. The van der Waals surface area contributed by atoms with Gasteiger partial charge in [-0.1, -0.05) is 6.92 Å². The van der Waals surface area contributed by atoms with E-state index in [9.17, 15) is 36.6 Å². The van der Waals surface area contributed by atoms with E-state index in [1.165, 1.54) is 40.0 Å². The minimum atomic E-state index is -4.49. The van der Waals surface area contributed by atoms with Gasteiger partial charge in [-0.15, -0.1) is 11.3 Å². The van der Waals surface area contributed by atoms with Crippen molar-refractivity contribution in [3.05, 3.63) is 28.5 Å². The molecule has 0 aliphatic carbocycles. The van der Waals surface area contributed by atoms with E-state index in [-0.39, 0.29) is 27.8 Å². The SMILES string of the molecule is CC[C@H](Nc1cc(C)c(-c2sc(C(=O)N[C@@H](C)C(C)(C)O)nc2C(=O)N2CC(F)(F)C[C@@H]2C)cn1)C(F)(F)F. The summed E-state index contributed by atoms with van der Waals surface area (Å²) in [5.74, 6) is -4.60. The van der Waals surface area contributed by atoms with E-state index in [1.807, 2.05) is 0 Å². The lowest BCUT2D eigenvalue weighted by Crippen LogP contribution is -2.47. The first-order valence-corrected chi connectivity index (χ1v) is 13.2. The van der Waals surface area contributed by atoms with Crippen molar-refractivity contribution in [2.24, 2.45) is 0 Å². The maximum absolute atomic E-state index is 14.1. The Balaban J connectivity index is 2.03. The standard InChI is InChI=1S/C25H32F5N5O3S/c1-7-16(25(28,29)30)33-17-8-12(2)15(10-31-17)19-18(22(37)35-11-24(26,27)9-13(35)3)34-21(39-19)20(36)32-14(4)23(5,6)38/h8,10,13-14,16,38H,7,9,11H2,1-6H3,(H,31,33)(H,32,36)/t13-,14-,16-/m0/s1. The number of pyridine rings is 1. The lowest BCUT2D eigenvalue weighted by molar-refractivity contribution is -0.142. The average molecular weight is 578 g/mol. The van der Waals surface area contributed by atoms with Crippen molar-refractivity contribution >= 4 is 29.0 Å². The maximum atomic E-state index is 14.1. The molecule has 3 atom stereocenters. The number of aliphatic hydroxyl groups is 1. The van der Waals surface area contributed by atoms with Gasteiger partial charge in [0, 0.05) is 24.2 Å². The highest BCUT2D eigenvalue weighted by molar-refractivity contribution is 7.17. The van der Waals surface area contributed by atoms with Gasteiger partial charge in [-0.2, -0.15) is 13.2 Å². The number of hydrogen-bond acceptors (Lipinski definition) is 7. The highest BCUT2D eigenvalue weighted by Gasteiger charge is 2.46. The van der Waals surface area contributed by atoms with Gasteiger partial charge < -0.3 is 20.6 Å². The molecule has 39 heavy (non-hydrogen) atoms. The lowest BCUT2D eigenvalue weighted by atomic mass is 10.0. The predicted octanol–water partition coefficient (Wildman–Crippen LogP) is 5.03. The van der Waals surface area contributed by atoms with E-state index in [0.717, 1.165) is 16.2 Å². The average Bonchev–Trinajstić information content (AvgIpc) is 3.35. The van der Waals surface area contributed by atoms with Gasteiger partial charge in [0.05, 0.1) is 23.1 Å². The summed E-state index contributed by atoms with van der Waals surface area (Å²) in [6, 6.07) is -1.92. The van der Waals surface area contributed by atoms with Crippen LogP contribution in [-0.4, -0.2) is 74.2 Å². The van der Waals surface area contributed by atoms with Crippen LogP contribution >= 0.6 is 11.3 Å². The molecular formula is C25H32F5N5O3S. The number of hydrogen-bond donors (Lipinski definition) is 3. The maximum Gasteiger partial charge on any atom is 0.408 e. The molecule has 2 aromatic rings. The third kappa shape index (κ3) is 7.02. The van der Waals surface area contributed by atoms with E-state index in [2.05, 4.69) is 20.6 Å². The van der Waals surface area contributed by atoms with E-state index in [0.29, 0.717) is 11.1 Å². The van der Waals surface area contributed by atoms with Crippen molar-refractivity contribution in [2.45, 2.75) is 90.2 Å². The summed E-state index contributed by atoms with van der Waals surface area (Å²) in [7, 11) is 0. The van der Waals surface area contributed by atoms with Crippen LogP contribution in [0.1, 0.15) is 73.3 Å². The monoisotopic (exact) mass is 577 g/mol. The Morgan fingerprint density at radius 2 is 1.95 bits per heavy atom. The number of amides is 2. The number of carbonyl (C=O) groups is 2. The number of aryl methyl sites for hydroxylation is 1. The van der Waals surface area contributed by atoms with E-state index in [4.69, 9.17) is 0 Å².